The van der Waals surface area contributed by atoms with Gasteiger partial charge in [-0.1, -0.05) is 91.0 Å². The van der Waals surface area contributed by atoms with Crippen LogP contribution in [0.1, 0.15) is 41.7 Å². The minimum absolute atomic E-state index is 0.0459. The second-order valence-corrected chi connectivity index (χ2v) is 9.16. The van der Waals surface area contributed by atoms with Crippen molar-refractivity contribution in [2.24, 2.45) is 5.41 Å². The second-order valence-electron chi connectivity index (χ2n) is 9.16. The third kappa shape index (κ3) is 4.43. The Balaban J connectivity index is 1.48. The van der Waals surface area contributed by atoms with E-state index in [0.29, 0.717) is 6.61 Å². The minimum Gasteiger partial charge on any atom is -0.439 e. The molecule has 1 saturated heterocycles. The van der Waals surface area contributed by atoms with Gasteiger partial charge < -0.3 is 9.47 Å². The smallest absolute Gasteiger partial charge is 0.411 e. The zero-order valence-electron chi connectivity index (χ0n) is 19.2. The van der Waals surface area contributed by atoms with Gasteiger partial charge in [-0.3, -0.25) is 9.69 Å². The van der Waals surface area contributed by atoms with Crippen molar-refractivity contribution in [2.45, 2.75) is 37.6 Å². The van der Waals surface area contributed by atoms with Gasteiger partial charge in [0, 0.05) is 12.8 Å². The van der Waals surface area contributed by atoms with E-state index < -0.39 is 29.7 Å². The van der Waals surface area contributed by atoms with E-state index >= 15 is 0 Å². The number of hydrogen-bond acceptors (Lipinski definition) is 5. The van der Waals surface area contributed by atoms with Gasteiger partial charge in [0.25, 0.3) is 0 Å². The lowest BCUT2D eigenvalue weighted by Gasteiger charge is -2.37. The largest absolute Gasteiger partial charge is 0.439 e. The first-order valence-electron chi connectivity index (χ1n) is 11.7. The van der Waals surface area contributed by atoms with Crippen molar-refractivity contribution in [3.63, 3.8) is 0 Å². The maximum atomic E-state index is 13.4. The molecule has 2 fully saturated rings. The summed E-state index contributed by atoms with van der Waals surface area (Å²) in [6.45, 7) is 0.375. The first kappa shape index (κ1) is 22.8. The molecule has 0 bridgehead atoms. The highest BCUT2D eigenvalue weighted by Gasteiger charge is 2.57. The van der Waals surface area contributed by atoms with Crippen molar-refractivity contribution in [3.05, 3.63) is 108 Å². The summed E-state index contributed by atoms with van der Waals surface area (Å²) in [7, 11) is 0. The molecular formula is C29H26N2O4. The predicted molar refractivity (Wildman–Crippen MR) is 129 cm³/mol. The lowest BCUT2D eigenvalue weighted by atomic mass is 9.82. The third-order valence-electron chi connectivity index (χ3n) is 6.90. The molecule has 0 spiro atoms. The van der Waals surface area contributed by atoms with Crippen LogP contribution in [-0.2, 0) is 20.9 Å². The standard InChI is InChI=1S/C29H26N2O4/c30-19-29(20-34-18-21-10-4-1-5-11-21)17-24(32)16-25(29)31-26(22-12-6-2-7-13-22)27(35-28(31)33)23-14-8-3-9-15-23/h1-15,25-27H,16-18,20H2/t25-,26-,27+,29+/m1/s1. The van der Waals surface area contributed by atoms with Crippen molar-refractivity contribution in [1.82, 2.24) is 4.90 Å². The third-order valence-corrected chi connectivity index (χ3v) is 6.90. The van der Waals surface area contributed by atoms with Crippen LogP contribution >= 0.6 is 0 Å². The molecule has 1 aliphatic heterocycles. The number of hydrogen-bond donors (Lipinski definition) is 0. The quantitative estimate of drug-likeness (QED) is 0.467. The molecule has 6 heteroatoms. The minimum atomic E-state index is -1.15. The van der Waals surface area contributed by atoms with Crippen LogP contribution in [0.5, 0.6) is 0 Å². The molecule has 1 amide bonds. The Labute approximate surface area is 204 Å². The molecule has 5 rings (SSSR count). The molecule has 0 aromatic heterocycles. The summed E-state index contributed by atoms with van der Waals surface area (Å²) < 4.78 is 11.9. The van der Waals surface area contributed by atoms with Gasteiger partial charge >= 0.3 is 6.09 Å². The average molecular weight is 467 g/mol. The van der Waals surface area contributed by atoms with Crippen molar-refractivity contribution >= 4 is 11.9 Å². The maximum absolute atomic E-state index is 13.4. The molecule has 6 nitrogen and oxygen atoms in total. The normalized spacial score (nSPS) is 25.9. The van der Waals surface area contributed by atoms with Crippen molar-refractivity contribution in [2.75, 3.05) is 6.61 Å². The van der Waals surface area contributed by atoms with Crippen LogP contribution in [-0.4, -0.2) is 29.4 Å². The highest BCUT2D eigenvalue weighted by molar-refractivity contribution is 5.85. The molecule has 35 heavy (non-hydrogen) atoms. The van der Waals surface area contributed by atoms with Crippen LogP contribution in [0.15, 0.2) is 91.0 Å². The molecule has 1 heterocycles. The number of ether oxygens (including phenoxy) is 2. The van der Waals surface area contributed by atoms with E-state index in [9.17, 15) is 14.9 Å². The van der Waals surface area contributed by atoms with Gasteiger partial charge in [0.05, 0.1) is 25.3 Å². The van der Waals surface area contributed by atoms with E-state index in [-0.39, 0.29) is 25.2 Å². The molecule has 3 aromatic carbocycles. The molecule has 0 N–H and O–H groups in total. The van der Waals surface area contributed by atoms with Crippen molar-refractivity contribution < 1.29 is 19.1 Å². The maximum Gasteiger partial charge on any atom is 0.411 e. The highest BCUT2D eigenvalue weighted by atomic mass is 16.6. The summed E-state index contributed by atoms with van der Waals surface area (Å²) >= 11 is 0. The van der Waals surface area contributed by atoms with Gasteiger partial charge in [-0.05, 0) is 16.7 Å². The van der Waals surface area contributed by atoms with Crippen LogP contribution in [0.4, 0.5) is 4.79 Å². The zero-order chi connectivity index (χ0) is 24.3. The number of ketones is 1. The summed E-state index contributed by atoms with van der Waals surface area (Å²) in [5, 5.41) is 10.3. The number of rotatable bonds is 7. The van der Waals surface area contributed by atoms with Crippen molar-refractivity contribution in [3.8, 4) is 6.07 Å². The van der Waals surface area contributed by atoms with Crippen LogP contribution < -0.4 is 0 Å². The molecule has 3 aromatic rings. The lowest BCUT2D eigenvalue weighted by Crippen LogP contribution is -2.48. The number of Topliss-reactive ketones (excluding diaryl/α,β-unsaturated/α-hetero) is 1. The van der Waals surface area contributed by atoms with E-state index in [1.807, 2.05) is 91.0 Å². The molecule has 176 valence electrons. The predicted octanol–water partition coefficient (Wildman–Crippen LogP) is 5.38. The van der Waals surface area contributed by atoms with E-state index in [1.54, 1.807) is 4.90 Å². The number of nitrogens with zero attached hydrogens (tertiary/aromatic N) is 2. The number of benzene rings is 3. The van der Waals surface area contributed by atoms with Gasteiger partial charge in [0.2, 0.25) is 0 Å². The number of cyclic esters (lactones) is 1. The van der Waals surface area contributed by atoms with Gasteiger partial charge in [0.15, 0.2) is 6.10 Å². The average Bonchev–Trinajstić information content (AvgIpc) is 3.42. The first-order valence-corrected chi connectivity index (χ1v) is 11.7. The fraction of sp³-hybridized carbons (Fsp3) is 0.276. The highest BCUT2D eigenvalue weighted by Crippen LogP contribution is 2.50. The number of amides is 1. The lowest BCUT2D eigenvalue weighted by molar-refractivity contribution is -0.118. The van der Waals surface area contributed by atoms with E-state index in [0.717, 1.165) is 16.7 Å². The summed E-state index contributed by atoms with van der Waals surface area (Å²) in [6, 6.07) is 30.2. The summed E-state index contributed by atoms with van der Waals surface area (Å²) in [5.41, 5.74) is 1.59. The first-order chi connectivity index (χ1) is 17.1. The van der Waals surface area contributed by atoms with Gasteiger partial charge in [-0.2, -0.15) is 5.26 Å². The Bertz CT molecular complexity index is 1230. The summed E-state index contributed by atoms with van der Waals surface area (Å²) in [6.07, 6.45) is -0.926. The fourth-order valence-corrected chi connectivity index (χ4v) is 5.23. The number of nitriles is 1. The molecule has 0 radical (unpaired) electrons. The number of carbonyl (C=O) groups excluding carboxylic acids is 2. The Hall–Kier alpha value is -3.95. The van der Waals surface area contributed by atoms with E-state index in [2.05, 4.69) is 6.07 Å². The molecule has 2 aliphatic rings. The van der Waals surface area contributed by atoms with Gasteiger partial charge in [0.1, 0.15) is 17.2 Å². The van der Waals surface area contributed by atoms with Crippen LogP contribution in [0.3, 0.4) is 0 Å². The van der Waals surface area contributed by atoms with Crippen LogP contribution in [0.2, 0.25) is 0 Å². The van der Waals surface area contributed by atoms with Crippen LogP contribution in [0.25, 0.3) is 0 Å². The molecular weight excluding hydrogens is 440 g/mol. The molecule has 1 saturated carbocycles. The van der Waals surface area contributed by atoms with Crippen LogP contribution in [0, 0.1) is 16.7 Å². The Morgan fingerprint density at radius 2 is 1.51 bits per heavy atom. The van der Waals surface area contributed by atoms with Gasteiger partial charge in [-0.15, -0.1) is 0 Å². The fourth-order valence-electron chi connectivity index (χ4n) is 5.23. The monoisotopic (exact) mass is 466 g/mol. The van der Waals surface area contributed by atoms with E-state index in [4.69, 9.17) is 9.47 Å². The Kier molecular flexibility index (Phi) is 6.35. The molecule has 4 atom stereocenters. The number of carbonyl (C=O) groups is 2. The van der Waals surface area contributed by atoms with Gasteiger partial charge in [-0.25, -0.2) is 4.79 Å². The topological polar surface area (TPSA) is 79.6 Å². The Morgan fingerprint density at radius 3 is 2.14 bits per heavy atom. The summed E-state index contributed by atoms with van der Waals surface area (Å²) in [4.78, 5) is 27.7. The summed E-state index contributed by atoms with van der Waals surface area (Å²) in [5.74, 6) is -0.0531. The molecule has 0 unspecified atom stereocenters. The molecule has 1 aliphatic carbocycles. The zero-order valence-corrected chi connectivity index (χ0v) is 19.2. The SMILES string of the molecule is N#C[C@]1(COCc2ccccc2)CC(=O)C[C@H]1N1C(=O)O[C@@H](c2ccccc2)[C@H]1c1ccccc1. The Morgan fingerprint density at radius 1 is 0.914 bits per heavy atom. The van der Waals surface area contributed by atoms with Crippen molar-refractivity contribution in [1.29, 1.82) is 5.26 Å². The second kappa shape index (κ2) is 9.73. The van der Waals surface area contributed by atoms with E-state index in [1.165, 1.54) is 0 Å².